The van der Waals surface area contributed by atoms with Crippen LogP contribution in [0.2, 0.25) is 0 Å². The molecule has 2 rings (SSSR count). The number of amides is 1. The molecule has 10 heteroatoms. The highest BCUT2D eigenvalue weighted by Gasteiger charge is 2.20. The number of ether oxygens (including phenoxy) is 1. The summed E-state index contributed by atoms with van der Waals surface area (Å²) in [6.07, 6.45) is 0.656. The summed E-state index contributed by atoms with van der Waals surface area (Å²) in [5.74, 6) is -0.375. The standard InChI is InChI=1S/C15H20N4O4S2/c1-11(2)23-10-6-9-16-25(21,22)15-19-18-14(24-15)17-13(20)12-7-4-3-5-8-12/h3-5,7-8,11,16H,6,9-10H2,1-2H3,(H,17,18,20). The molecule has 2 N–H and O–H groups in total. The summed E-state index contributed by atoms with van der Waals surface area (Å²) < 4.78 is 31.9. The lowest BCUT2D eigenvalue weighted by Gasteiger charge is -2.07. The first-order valence-corrected chi connectivity index (χ1v) is 9.99. The van der Waals surface area contributed by atoms with Crippen LogP contribution in [-0.4, -0.2) is 43.8 Å². The minimum absolute atomic E-state index is 0.107. The highest BCUT2D eigenvalue weighted by Crippen LogP contribution is 2.20. The highest BCUT2D eigenvalue weighted by molar-refractivity contribution is 7.91. The van der Waals surface area contributed by atoms with Crippen molar-refractivity contribution in [1.82, 2.24) is 14.9 Å². The molecule has 1 aromatic heterocycles. The zero-order valence-corrected chi connectivity index (χ0v) is 15.6. The van der Waals surface area contributed by atoms with Gasteiger partial charge in [0.05, 0.1) is 6.10 Å². The van der Waals surface area contributed by atoms with E-state index in [9.17, 15) is 13.2 Å². The van der Waals surface area contributed by atoms with Gasteiger partial charge < -0.3 is 4.74 Å². The fourth-order valence-electron chi connectivity index (χ4n) is 1.79. The number of benzene rings is 1. The Labute approximate surface area is 150 Å². The SMILES string of the molecule is CC(C)OCCCNS(=O)(=O)c1nnc(NC(=O)c2ccccc2)s1. The predicted molar refractivity (Wildman–Crippen MR) is 95.2 cm³/mol. The molecule has 136 valence electrons. The molecule has 0 atom stereocenters. The van der Waals surface area contributed by atoms with E-state index in [1.165, 1.54) is 0 Å². The van der Waals surface area contributed by atoms with Crippen molar-refractivity contribution in [2.45, 2.75) is 30.7 Å². The Morgan fingerprint density at radius 2 is 1.96 bits per heavy atom. The van der Waals surface area contributed by atoms with E-state index in [-0.39, 0.29) is 28.0 Å². The number of sulfonamides is 1. The molecule has 0 aliphatic rings. The highest BCUT2D eigenvalue weighted by atomic mass is 32.2. The molecule has 0 aliphatic heterocycles. The first kappa shape index (κ1) is 19.4. The van der Waals surface area contributed by atoms with Gasteiger partial charge in [0.15, 0.2) is 0 Å². The summed E-state index contributed by atoms with van der Waals surface area (Å²) >= 11 is 0.796. The normalized spacial score (nSPS) is 11.6. The molecular weight excluding hydrogens is 364 g/mol. The summed E-state index contributed by atoms with van der Waals surface area (Å²) in [7, 11) is -3.75. The largest absolute Gasteiger partial charge is 0.379 e. The van der Waals surface area contributed by atoms with Gasteiger partial charge in [-0.3, -0.25) is 10.1 Å². The Morgan fingerprint density at radius 1 is 1.24 bits per heavy atom. The van der Waals surface area contributed by atoms with E-state index in [0.29, 0.717) is 18.6 Å². The van der Waals surface area contributed by atoms with E-state index in [1.807, 2.05) is 13.8 Å². The van der Waals surface area contributed by atoms with Gasteiger partial charge in [0.1, 0.15) is 0 Å². The zero-order chi connectivity index (χ0) is 18.3. The smallest absolute Gasteiger partial charge is 0.269 e. The first-order chi connectivity index (χ1) is 11.9. The van der Waals surface area contributed by atoms with Crippen LogP contribution < -0.4 is 10.0 Å². The molecule has 1 amide bonds. The number of carbonyl (C=O) groups excluding carboxylic acids is 1. The molecule has 8 nitrogen and oxygen atoms in total. The number of rotatable bonds is 9. The van der Waals surface area contributed by atoms with E-state index in [4.69, 9.17) is 4.74 Å². The maximum Gasteiger partial charge on any atom is 0.269 e. The van der Waals surface area contributed by atoms with Gasteiger partial charge in [-0.05, 0) is 32.4 Å². The average Bonchev–Trinajstić information content (AvgIpc) is 3.04. The molecule has 0 unspecified atom stereocenters. The molecule has 0 bridgehead atoms. The Balaban J connectivity index is 1.90. The van der Waals surface area contributed by atoms with Crippen molar-refractivity contribution in [1.29, 1.82) is 0 Å². The number of hydrogen-bond donors (Lipinski definition) is 2. The molecule has 0 radical (unpaired) electrons. The van der Waals surface area contributed by atoms with Crippen LogP contribution in [0.5, 0.6) is 0 Å². The Morgan fingerprint density at radius 3 is 2.64 bits per heavy atom. The van der Waals surface area contributed by atoms with Crippen molar-refractivity contribution in [3.8, 4) is 0 Å². The Bertz CT molecular complexity index is 791. The van der Waals surface area contributed by atoms with Crippen LogP contribution in [0.3, 0.4) is 0 Å². The zero-order valence-electron chi connectivity index (χ0n) is 13.9. The minimum Gasteiger partial charge on any atom is -0.379 e. The second-order valence-corrected chi connectivity index (χ2v) is 8.28. The summed E-state index contributed by atoms with van der Waals surface area (Å²) in [4.78, 5) is 12.0. The summed E-state index contributed by atoms with van der Waals surface area (Å²) in [5.41, 5.74) is 0.449. The predicted octanol–water partition coefficient (Wildman–Crippen LogP) is 1.88. The average molecular weight is 384 g/mol. The maximum atomic E-state index is 12.1. The number of anilines is 1. The number of nitrogens with one attached hydrogen (secondary N) is 2. The molecule has 0 saturated heterocycles. The first-order valence-electron chi connectivity index (χ1n) is 7.69. The van der Waals surface area contributed by atoms with Crippen LogP contribution >= 0.6 is 11.3 Å². The van der Waals surface area contributed by atoms with Crippen LogP contribution in [0.1, 0.15) is 30.6 Å². The summed E-state index contributed by atoms with van der Waals surface area (Å²) in [5, 5.41) is 10.00. The van der Waals surface area contributed by atoms with Gasteiger partial charge in [-0.15, -0.1) is 10.2 Å². The molecule has 0 aliphatic carbocycles. The van der Waals surface area contributed by atoms with Gasteiger partial charge in [0, 0.05) is 18.7 Å². The molecule has 2 aromatic rings. The monoisotopic (exact) mass is 384 g/mol. The molecule has 1 heterocycles. The van der Waals surface area contributed by atoms with Crippen molar-refractivity contribution < 1.29 is 17.9 Å². The number of carbonyl (C=O) groups is 1. The van der Waals surface area contributed by atoms with E-state index in [2.05, 4.69) is 20.2 Å². The van der Waals surface area contributed by atoms with Crippen molar-refractivity contribution in [3.63, 3.8) is 0 Å². The molecule has 1 aromatic carbocycles. The van der Waals surface area contributed by atoms with Crippen molar-refractivity contribution in [3.05, 3.63) is 35.9 Å². The van der Waals surface area contributed by atoms with Crippen LogP contribution in [-0.2, 0) is 14.8 Å². The second kappa shape index (κ2) is 8.99. The van der Waals surface area contributed by atoms with Crippen LogP contribution in [0.4, 0.5) is 5.13 Å². The number of hydrogen-bond acceptors (Lipinski definition) is 7. The van der Waals surface area contributed by atoms with Crippen molar-refractivity contribution >= 4 is 32.4 Å². The van der Waals surface area contributed by atoms with Crippen molar-refractivity contribution in [2.24, 2.45) is 0 Å². The van der Waals surface area contributed by atoms with Gasteiger partial charge in [-0.1, -0.05) is 29.5 Å². The lowest BCUT2D eigenvalue weighted by Crippen LogP contribution is -2.25. The van der Waals surface area contributed by atoms with Crippen LogP contribution in [0.15, 0.2) is 34.7 Å². The molecular formula is C15H20N4O4S2. The van der Waals surface area contributed by atoms with Gasteiger partial charge in [0.2, 0.25) is 9.47 Å². The van der Waals surface area contributed by atoms with Crippen LogP contribution in [0.25, 0.3) is 0 Å². The number of aromatic nitrogens is 2. The fourth-order valence-corrected chi connectivity index (χ4v) is 3.80. The van der Waals surface area contributed by atoms with E-state index < -0.39 is 10.0 Å². The Kier molecular flexibility index (Phi) is 7.00. The van der Waals surface area contributed by atoms with Gasteiger partial charge >= 0.3 is 0 Å². The maximum absolute atomic E-state index is 12.1. The topological polar surface area (TPSA) is 110 Å². The molecule has 25 heavy (non-hydrogen) atoms. The lowest BCUT2D eigenvalue weighted by molar-refractivity contribution is 0.0778. The van der Waals surface area contributed by atoms with Crippen molar-refractivity contribution in [2.75, 3.05) is 18.5 Å². The molecule has 0 fully saturated rings. The molecule has 0 saturated carbocycles. The van der Waals surface area contributed by atoms with E-state index >= 15 is 0 Å². The van der Waals surface area contributed by atoms with E-state index in [0.717, 1.165) is 11.3 Å². The van der Waals surface area contributed by atoms with Gasteiger partial charge in [-0.2, -0.15) is 0 Å². The lowest BCUT2D eigenvalue weighted by atomic mass is 10.2. The molecule has 0 spiro atoms. The summed E-state index contributed by atoms with van der Waals surface area (Å²) in [6, 6.07) is 8.56. The third kappa shape index (κ3) is 6.16. The third-order valence-electron chi connectivity index (χ3n) is 2.96. The van der Waals surface area contributed by atoms with Crippen LogP contribution in [0, 0.1) is 0 Å². The summed E-state index contributed by atoms with van der Waals surface area (Å²) in [6.45, 7) is 4.53. The van der Waals surface area contributed by atoms with Gasteiger partial charge in [0.25, 0.3) is 15.9 Å². The fraction of sp³-hybridized carbons (Fsp3) is 0.400. The second-order valence-electron chi connectivity index (χ2n) is 5.36. The Hall–Kier alpha value is -1.88. The minimum atomic E-state index is -3.75. The quantitative estimate of drug-likeness (QED) is 0.504. The third-order valence-corrected chi connectivity index (χ3v) is 5.62. The van der Waals surface area contributed by atoms with E-state index in [1.54, 1.807) is 30.3 Å². The number of nitrogens with zero attached hydrogens (tertiary/aromatic N) is 2. The van der Waals surface area contributed by atoms with Gasteiger partial charge in [-0.25, -0.2) is 13.1 Å².